The maximum Gasteiger partial charge on any atom is 0.255 e. The predicted octanol–water partition coefficient (Wildman–Crippen LogP) is 0.188. The van der Waals surface area contributed by atoms with E-state index in [0.717, 1.165) is 13.0 Å². The molecule has 2 heterocycles. The SMILES string of the molecule is N[C@@H]1CCN(C(=O)c2cc[nH]c2)C1. The Morgan fingerprint density at radius 1 is 1.69 bits per heavy atom. The highest BCUT2D eigenvalue weighted by molar-refractivity contribution is 5.94. The summed E-state index contributed by atoms with van der Waals surface area (Å²) in [7, 11) is 0. The molecule has 0 radical (unpaired) electrons. The molecule has 1 aliphatic rings. The van der Waals surface area contributed by atoms with Crippen LogP contribution in [0.1, 0.15) is 16.8 Å². The van der Waals surface area contributed by atoms with Crippen molar-refractivity contribution in [3.05, 3.63) is 24.0 Å². The molecule has 1 aromatic heterocycles. The molecule has 0 spiro atoms. The molecule has 70 valence electrons. The molecule has 1 saturated heterocycles. The van der Waals surface area contributed by atoms with E-state index in [0.29, 0.717) is 12.1 Å². The zero-order valence-corrected chi connectivity index (χ0v) is 7.36. The van der Waals surface area contributed by atoms with E-state index >= 15 is 0 Å². The highest BCUT2D eigenvalue weighted by Gasteiger charge is 2.24. The monoisotopic (exact) mass is 179 g/mol. The van der Waals surface area contributed by atoms with E-state index in [4.69, 9.17) is 5.73 Å². The van der Waals surface area contributed by atoms with E-state index in [1.54, 1.807) is 23.4 Å². The molecular formula is C9H13N3O. The van der Waals surface area contributed by atoms with Gasteiger partial charge in [0, 0.05) is 31.5 Å². The van der Waals surface area contributed by atoms with Crippen molar-refractivity contribution in [1.29, 1.82) is 0 Å². The first kappa shape index (κ1) is 8.31. The lowest BCUT2D eigenvalue weighted by Crippen LogP contribution is -2.31. The Balaban J connectivity index is 2.06. The minimum absolute atomic E-state index is 0.0780. The molecule has 1 amide bonds. The Kier molecular flexibility index (Phi) is 2.06. The standard InChI is InChI=1S/C9H13N3O/c10-8-2-4-12(6-8)9(13)7-1-3-11-5-7/h1,3,5,8,11H,2,4,6,10H2/t8-/m1/s1. The quantitative estimate of drug-likeness (QED) is 0.646. The summed E-state index contributed by atoms with van der Waals surface area (Å²) in [5.74, 6) is 0.0780. The first-order valence-electron chi connectivity index (χ1n) is 4.45. The number of nitrogens with one attached hydrogen (secondary N) is 1. The molecule has 2 rings (SSSR count). The topological polar surface area (TPSA) is 62.1 Å². The minimum atomic E-state index is 0.0780. The number of amides is 1. The zero-order chi connectivity index (χ0) is 9.26. The van der Waals surface area contributed by atoms with E-state index in [9.17, 15) is 4.79 Å². The van der Waals surface area contributed by atoms with Gasteiger partial charge in [0.15, 0.2) is 0 Å². The second kappa shape index (κ2) is 3.22. The molecule has 4 heteroatoms. The fourth-order valence-corrected chi connectivity index (χ4v) is 1.61. The van der Waals surface area contributed by atoms with Gasteiger partial charge in [0.25, 0.3) is 5.91 Å². The lowest BCUT2D eigenvalue weighted by molar-refractivity contribution is 0.0791. The molecule has 1 atom stereocenters. The molecule has 0 saturated carbocycles. The third kappa shape index (κ3) is 1.58. The van der Waals surface area contributed by atoms with Crippen molar-refractivity contribution in [3.8, 4) is 0 Å². The molecule has 13 heavy (non-hydrogen) atoms. The Morgan fingerprint density at radius 3 is 3.08 bits per heavy atom. The number of aromatic nitrogens is 1. The van der Waals surface area contributed by atoms with Crippen LogP contribution in [0.5, 0.6) is 0 Å². The van der Waals surface area contributed by atoms with Crippen LogP contribution < -0.4 is 5.73 Å². The molecule has 1 aliphatic heterocycles. The number of nitrogens with zero attached hydrogens (tertiary/aromatic N) is 1. The molecule has 1 aromatic rings. The van der Waals surface area contributed by atoms with Gasteiger partial charge in [-0.1, -0.05) is 0 Å². The fraction of sp³-hybridized carbons (Fsp3) is 0.444. The van der Waals surface area contributed by atoms with Crippen molar-refractivity contribution in [2.24, 2.45) is 5.73 Å². The normalized spacial score (nSPS) is 22.2. The molecule has 0 aliphatic carbocycles. The first-order chi connectivity index (χ1) is 6.27. The maximum absolute atomic E-state index is 11.7. The average Bonchev–Trinajstić information content (AvgIpc) is 2.72. The molecule has 4 nitrogen and oxygen atoms in total. The summed E-state index contributed by atoms with van der Waals surface area (Å²) in [5, 5.41) is 0. The van der Waals surface area contributed by atoms with Crippen LogP contribution in [0.4, 0.5) is 0 Å². The van der Waals surface area contributed by atoms with Crippen molar-refractivity contribution in [2.75, 3.05) is 13.1 Å². The third-order valence-corrected chi connectivity index (χ3v) is 2.36. The minimum Gasteiger partial charge on any atom is -0.367 e. The number of carbonyl (C=O) groups excluding carboxylic acids is 1. The van der Waals surface area contributed by atoms with Gasteiger partial charge in [-0.2, -0.15) is 0 Å². The Morgan fingerprint density at radius 2 is 2.54 bits per heavy atom. The highest BCUT2D eigenvalue weighted by Crippen LogP contribution is 2.11. The zero-order valence-electron chi connectivity index (χ0n) is 7.36. The van der Waals surface area contributed by atoms with E-state index in [1.165, 1.54) is 0 Å². The Bertz CT molecular complexity index is 294. The van der Waals surface area contributed by atoms with Gasteiger partial charge in [0.05, 0.1) is 5.56 Å². The highest BCUT2D eigenvalue weighted by atomic mass is 16.2. The molecule has 1 fully saturated rings. The second-order valence-electron chi connectivity index (χ2n) is 3.40. The number of aromatic amines is 1. The summed E-state index contributed by atoms with van der Waals surface area (Å²) < 4.78 is 0. The summed E-state index contributed by atoms with van der Waals surface area (Å²) in [5.41, 5.74) is 6.43. The number of rotatable bonds is 1. The van der Waals surface area contributed by atoms with Crippen molar-refractivity contribution in [3.63, 3.8) is 0 Å². The lowest BCUT2D eigenvalue weighted by atomic mass is 10.3. The van der Waals surface area contributed by atoms with E-state index in [-0.39, 0.29) is 11.9 Å². The summed E-state index contributed by atoms with van der Waals surface area (Å²) in [4.78, 5) is 16.4. The molecular weight excluding hydrogens is 166 g/mol. The van der Waals surface area contributed by atoms with Crippen LogP contribution in [0.25, 0.3) is 0 Å². The number of likely N-dealkylation sites (tertiary alicyclic amines) is 1. The summed E-state index contributed by atoms with van der Waals surface area (Å²) >= 11 is 0. The summed E-state index contributed by atoms with van der Waals surface area (Å²) in [6.45, 7) is 1.47. The molecule has 3 N–H and O–H groups in total. The largest absolute Gasteiger partial charge is 0.367 e. The van der Waals surface area contributed by atoms with Crippen LogP contribution >= 0.6 is 0 Å². The van der Waals surface area contributed by atoms with Gasteiger partial charge in [-0.3, -0.25) is 4.79 Å². The van der Waals surface area contributed by atoms with Gasteiger partial charge in [-0.25, -0.2) is 0 Å². The van der Waals surface area contributed by atoms with Gasteiger partial charge in [-0.15, -0.1) is 0 Å². The van der Waals surface area contributed by atoms with Gasteiger partial charge < -0.3 is 15.6 Å². The first-order valence-corrected chi connectivity index (χ1v) is 4.45. The van der Waals surface area contributed by atoms with Crippen molar-refractivity contribution in [1.82, 2.24) is 9.88 Å². The number of hydrogen-bond donors (Lipinski definition) is 2. The van der Waals surface area contributed by atoms with Crippen LogP contribution in [0.2, 0.25) is 0 Å². The van der Waals surface area contributed by atoms with Crippen molar-refractivity contribution >= 4 is 5.91 Å². The van der Waals surface area contributed by atoms with Crippen LogP contribution in [0, 0.1) is 0 Å². The van der Waals surface area contributed by atoms with Crippen LogP contribution in [0.15, 0.2) is 18.5 Å². The van der Waals surface area contributed by atoms with E-state index < -0.39 is 0 Å². The average molecular weight is 179 g/mol. The van der Waals surface area contributed by atoms with E-state index in [2.05, 4.69) is 4.98 Å². The lowest BCUT2D eigenvalue weighted by Gasteiger charge is -2.14. The number of nitrogens with two attached hydrogens (primary N) is 1. The number of carbonyl (C=O) groups is 1. The number of H-pyrrole nitrogens is 1. The van der Waals surface area contributed by atoms with Gasteiger partial charge >= 0.3 is 0 Å². The number of hydrogen-bond acceptors (Lipinski definition) is 2. The molecule has 0 bridgehead atoms. The fourth-order valence-electron chi connectivity index (χ4n) is 1.61. The van der Waals surface area contributed by atoms with Crippen molar-refractivity contribution < 1.29 is 4.79 Å². The van der Waals surface area contributed by atoms with Crippen LogP contribution in [-0.2, 0) is 0 Å². The van der Waals surface area contributed by atoms with E-state index in [1.807, 2.05) is 0 Å². The summed E-state index contributed by atoms with van der Waals surface area (Å²) in [6, 6.07) is 1.94. The summed E-state index contributed by atoms with van der Waals surface area (Å²) in [6.07, 6.45) is 4.38. The van der Waals surface area contributed by atoms with Crippen LogP contribution in [-0.4, -0.2) is 34.9 Å². The molecule has 0 unspecified atom stereocenters. The van der Waals surface area contributed by atoms with Gasteiger partial charge in [0.1, 0.15) is 0 Å². The smallest absolute Gasteiger partial charge is 0.255 e. The predicted molar refractivity (Wildman–Crippen MR) is 49.3 cm³/mol. The maximum atomic E-state index is 11.7. The van der Waals surface area contributed by atoms with Gasteiger partial charge in [0.2, 0.25) is 0 Å². The Labute approximate surface area is 76.7 Å². The van der Waals surface area contributed by atoms with Crippen LogP contribution in [0.3, 0.4) is 0 Å². The Hall–Kier alpha value is -1.29. The van der Waals surface area contributed by atoms with Gasteiger partial charge in [-0.05, 0) is 12.5 Å². The second-order valence-corrected chi connectivity index (χ2v) is 3.40. The molecule has 0 aromatic carbocycles. The third-order valence-electron chi connectivity index (χ3n) is 2.36. The van der Waals surface area contributed by atoms with Crippen molar-refractivity contribution in [2.45, 2.75) is 12.5 Å².